The third-order valence-corrected chi connectivity index (χ3v) is 1.60. The molecule has 0 saturated carbocycles. The van der Waals surface area contributed by atoms with Crippen LogP contribution in [0.25, 0.3) is 0 Å². The predicted octanol–water partition coefficient (Wildman–Crippen LogP) is -0.107. The minimum Gasteiger partial charge on any atom is -0.380 e. The highest BCUT2D eigenvalue weighted by molar-refractivity contribution is 5.77. The Labute approximate surface area is 91.3 Å². The van der Waals surface area contributed by atoms with Gasteiger partial charge in [-0.25, -0.2) is 0 Å². The number of carbonyl (C=O) groups is 1. The average Bonchev–Trinajstić information content (AvgIpc) is 2.20. The highest BCUT2D eigenvalue weighted by atomic mass is 16.5. The summed E-state index contributed by atoms with van der Waals surface area (Å²) in [6.07, 6.45) is 0.886. The maximum absolute atomic E-state index is 11.1. The van der Waals surface area contributed by atoms with E-state index < -0.39 is 0 Å². The van der Waals surface area contributed by atoms with Crippen LogP contribution in [0.1, 0.15) is 20.3 Å². The van der Waals surface area contributed by atoms with E-state index in [0.717, 1.165) is 6.42 Å². The molecule has 1 amide bonds. The van der Waals surface area contributed by atoms with Gasteiger partial charge in [-0.1, -0.05) is 0 Å². The van der Waals surface area contributed by atoms with E-state index in [4.69, 9.17) is 15.2 Å². The molecule has 0 rings (SSSR count). The van der Waals surface area contributed by atoms with Crippen LogP contribution in [0.15, 0.2) is 0 Å². The Morgan fingerprint density at radius 3 is 2.73 bits per heavy atom. The zero-order chi connectivity index (χ0) is 11.5. The molecule has 0 unspecified atom stereocenters. The van der Waals surface area contributed by atoms with Crippen LogP contribution in [-0.2, 0) is 14.3 Å². The van der Waals surface area contributed by atoms with E-state index in [1.165, 1.54) is 0 Å². The van der Waals surface area contributed by atoms with Gasteiger partial charge in [0.25, 0.3) is 0 Å². The van der Waals surface area contributed by atoms with E-state index in [1.54, 1.807) is 0 Å². The smallest absolute Gasteiger partial charge is 0.246 e. The maximum Gasteiger partial charge on any atom is 0.246 e. The largest absolute Gasteiger partial charge is 0.380 e. The molecule has 5 heteroatoms. The van der Waals surface area contributed by atoms with Crippen LogP contribution in [0.3, 0.4) is 0 Å². The first-order chi connectivity index (χ1) is 7.16. The first kappa shape index (κ1) is 14.3. The topological polar surface area (TPSA) is 73.6 Å². The Morgan fingerprint density at radius 2 is 2.13 bits per heavy atom. The Hall–Kier alpha value is -0.650. The molecule has 0 aliphatic carbocycles. The summed E-state index contributed by atoms with van der Waals surface area (Å²) < 4.78 is 10.3. The van der Waals surface area contributed by atoms with Gasteiger partial charge in [0.1, 0.15) is 6.61 Å². The summed E-state index contributed by atoms with van der Waals surface area (Å²) in [4.78, 5) is 11.1. The number of rotatable bonds is 9. The monoisotopic (exact) mass is 218 g/mol. The van der Waals surface area contributed by atoms with Gasteiger partial charge in [-0.05, 0) is 20.3 Å². The summed E-state index contributed by atoms with van der Waals surface area (Å²) in [5, 5.41) is 2.74. The molecule has 0 radical (unpaired) electrons. The minimum absolute atomic E-state index is 0.0810. The Kier molecular flexibility index (Phi) is 9.46. The van der Waals surface area contributed by atoms with Gasteiger partial charge in [-0.3, -0.25) is 4.79 Å². The number of nitrogens with two attached hydrogens (primary N) is 1. The van der Waals surface area contributed by atoms with Crippen LogP contribution >= 0.6 is 0 Å². The van der Waals surface area contributed by atoms with E-state index in [-0.39, 0.29) is 18.6 Å². The molecule has 0 aliphatic rings. The zero-order valence-corrected chi connectivity index (χ0v) is 9.62. The van der Waals surface area contributed by atoms with E-state index >= 15 is 0 Å². The van der Waals surface area contributed by atoms with Crippen molar-refractivity contribution in [3.63, 3.8) is 0 Å². The first-order valence-electron chi connectivity index (χ1n) is 5.33. The molecule has 3 N–H and O–H groups in total. The highest BCUT2D eigenvalue weighted by Gasteiger charge is 2.01. The van der Waals surface area contributed by atoms with Crippen molar-refractivity contribution in [3.8, 4) is 0 Å². The second kappa shape index (κ2) is 9.89. The highest BCUT2D eigenvalue weighted by Crippen LogP contribution is 1.86. The third kappa shape index (κ3) is 11.3. The third-order valence-electron chi connectivity index (χ3n) is 1.60. The van der Waals surface area contributed by atoms with Crippen LogP contribution in [0.4, 0.5) is 0 Å². The van der Waals surface area contributed by atoms with Gasteiger partial charge in [0, 0.05) is 19.7 Å². The molecule has 5 nitrogen and oxygen atoms in total. The van der Waals surface area contributed by atoms with Crippen molar-refractivity contribution in [1.82, 2.24) is 5.32 Å². The summed E-state index contributed by atoms with van der Waals surface area (Å²) >= 11 is 0. The lowest BCUT2D eigenvalue weighted by atomic mass is 10.4. The van der Waals surface area contributed by atoms with Crippen LogP contribution in [0, 0.1) is 0 Å². The summed E-state index contributed by atoms with van der Waals surface area (Å²) in [6.45, 7) is 6.27. The Morgan fingerprint density at radius 1 is 1.40 bits per heavy atom. The average molecular weight is 218 g/mol. The minimum atomic E-state index is -0.0810. The fourth-order valence-corrected chi connectivity index (χ4v) is 0.881. The molecule has 0 bridgehead atoms. The quantitative estimate of drug-likeness (QED) is 0.530. The van der Waals surface area contributed by atoms with Crippen molar-refractivity contribution in [1.29, 1.82) is 0 Å². The van der Waals surface area contributed by atoms with E-state index in [9.17, 15) is 4.79 Å². The maximum atomic E-state index is 11.1. The zero-order valence-electron chi connectivity index (χ0n) is 9.62. The number of ether oxygens (including phenoxy) is 2. The fourth-order valence-electron chi connectivity index (χ4n) is 0.881. The lowest BCUT2D eigenvalue weighted by molar-refractivity contribution is -0.127. The van der Waals surface area contributed by atoms with Crippen molar-refractivity contribution in [2.24, 2.45) is 5.73 Å². The van der Waals surface area contributed by atoms with Crippen molar-refractivity contribution >= 4 is 5.91 Å². The van der Waals surface area contributed by atoms with E-state index in [0.29, 0.717) is 26.3 Å². The van der Waals surface area contributed by atoms with Crippen molar-refractivity contribution in [2.75, 3.05) is 32.9 Å². The molecule has 0 fully saturated rings. The first-order valence-corrected chi connectivity index (χ1v) is 5.33. The van der Waals surface area contributed by atoms with Gasteiger partial charge >= 0.3 is 0 Å². The number of amides is 1. The number of hydrogen-bond acceptors (Lipinski definition) is 4. The lowest BCUT2D eigenvalue weighted by Gasteiger charge is -2.08. The summed E-state index contributed by atoms with van der Waals surface area (Å²) in [5.41, 5.74) is 5.25. The molecule has 0 atom stereocenters. The molecule has 0 spiro atoms. The molecule has 0 heterocycles. The lowest BCUT2D eigenvalue weighted by Crippen LogP contribution is -2.30. The SMILES string of the molecule is CC(C)OCC(=O)NCCCOCCN. The predicted molar refractivity (Wildman–Crippen MR) is 58.6 cm³/mol. The fraction of sp³-hybridized carbons (Fsp3) is 0.900. The van der Waals surface area contributed by atoms with Crippen molar-refractivity contribution in [2.45, 2.75) is 26.4 Å². The van der Waals surface area contributed by atoms with Gasteiger partial charge < -0.3 is 20.5 Å². The van der Waals surface area contributed by atoms with Gasteiger partial charge in [0.05, 0.1) is 12.7 Å². The van der Waals surface area contributed by atoms with Crippen LogP contribution in [0.5, 0.6) is 0 Å². The summed E-state index contributed by atoms with van der Waals surface area (Å²) in [6, 6.07) is 0. The van der Waals surface area contributed by atoms with Crippen molar-refractivity contribution in [3.05, 3.63) is 0 Å². The molecule has 0 aromatic carbocycles. The summed E-state index contributed by atoms with van der Waals surface area (Å²) in [7, 11) is 0. The van der Waals surface area contributed by atoms with Gasteiger partial charge in [0.15, 0.2) is 0 Å². The molecule has 15 heavy (non-hydrogen) atoms. The van der Waals surface area contributed by atoms with E-state index in [1.807, 2.05) is 13.8 Å². The molecule has 90 valence electrons. The standard InChI is InChI=1S/C10H22N2O3/c1-9(2)15-8-10(13)12-5-3-6-14-7-4-11/h9H,3-8,11H2,1-2H3,(H,12,13). The van der Waals surface area contributed by atoms with Crippen LogP contribution in [0.2, 0.25) is 0 Å². The molecule has 0 saturated heterocycles. The Bertz CT molecular complexity index is 163. The normalized spacial score (nSPS) is 10.7. The van der Waals surface area contributed by atoms with Crippen LogP contribution in [-0.4, -0.2) is 44.9 Å². The molecule has 0 aromatic rings. The number of carbonyl (C=O) groups excluding carboxylic acids is 1. The molecular formula is C10H22N2O3. The second-order valence-electron chi connectivity index (χ2n) is 3.46. The second-order valence-corrected chi connectivity index (χ2v) is 3.46. The molecule has 0 aromatic heterocycles. The van der Waals surface area contributed by atoms with Gasteiger partial charge in [0.2, 0.25) is 5.91 Å². The molecule has 0 aliphatic heterocycles. The van der Waals surface area contributed by atoms with Crippen molar-refractivity contribution < 1.29 is 14.3 Å². The molecular weight excluding hydrogens is 196 g/mol. The summed E-state index contributed by atoms with van der Waals surface area (Å²) in [5.74, 6) is -0.0810. The van der Waals surface area contributed by atoms with E-state index in [2.05, 4.69) is 5.32 Å². The number of nitrogens with one attached hydrogen (secondary N) is 1. The van der Waals surface area contributed by atoms with Crippen LogP contribution < -0.4 is 11.1 Å². The van der Waals surface area contributed by atoms with Gasteiger partial charge in [-0.15, -0.1) is 0 Å². The van der Waals surface area contributed by atoms with Gasteiger partial charge in [-0.2, -0.15) is 0 Å². The Balaban J connectivity index is 3.17. The number of hydrogen-bond donors (Lipinski definition) is 2.